The zero-order chi connectivity index (χ0) is 21.8. The van der Waals surface area contributed by atoms with Crippen molar-refractivity contribution in [2.45, 2.75) is 44.7 Å². The van der Waals surface area contributed by atoms with Crippen LogP contribution in [0.1, 0.15) is 38.5 Å². The maximum atomic E-state index is 12.3. The van der Waals surface area contributed by atoms with Gasteiger partial charge in [-0.1, -0.05) is 0 Å². The van der Waals surface area contributed by atoms with Gasteiger partial charge in [0.05, 0.1) is 18.7 Å². The van der Waals surface area contributed by atoms with E-state index >= 15 is 0 Å². The second kappa shape index (κ2) is 9.23. The molecule has 2 unspecified atom stereocenters. The molecule has 1 saturated carbocycles. The van der Waals surface area contributed by atoms with Crippen molar-refractivity contribution in [2.24, 2.45) is 17.8 Å². The number of likely N-dealkylation sites (tertiary alicyclic amines) is 1. The predicted octanol–water partition coefficient (Wildman–Crippen LogP) is 3.65. The van der Waals surface area contributed by atoms with E-state index in [4.69, 9.17) is 4.74 Å². The highest BCUT2D eigenvalue weighted by molar-refractivity contribution is 5.76. The largest absolute Gasteiger partial charge is 0.494 e. The molecule has 0 radical (unpaired) electrons. The maximum Gasteiger partial charge on any atom is 0.389 e. The highest BCUT2D eigenvalue weighted by Gasteiger charge is 2.43. The van der Waals surface area contributed by atoms with E-state index in [9.17, 15) is 18.0 Å². The lowest BCUT2D eigenvalue weighted by atomic mass is 9.90. The van der Waals surface area contributed by atoms with Crippen molar-refractivity contribution in [1.82, 2.24) is 25.1 Å². The van der Waals surface area contributed by atoms with Gasteiger partial charge in [-0.05, 0) is 78.1 Å². The number of amides is 1. The Morgan fingerprint density at radius 1 is 1.16 bits per heavy atom. The lowest BCUT2D eigenvalue weighted by Crippen LogP contribution is -2.39. The van der Waals surface area contributed by atoms with Crippen molar-refractivity contribution in [2.75, 3.05) is 19.7 Å². The van der Waals surface area contributed by atoms with Crippen LogP contribution in [0.3, 0.4) is 0 Å². The number of nitrogens with zero attached hydrogens (tertiary/aromatic N) is 5. The zero-order valence-corrected chi connectivity index (χ0v) is 17.2. The van der Waals surface area contributed by atoms with Crippen molar-refractivity contribution >= 4 is 5.91 Å². The highest BCUT2D eigenvalue weighted by Crippen LogP contribution is 2.49. The topological polar surface area (TPSA) is 73.1 Å². The number of halogens is 3. The van der Waals surface area contributed by atoms with Crippen molar-refractivity contribution in [3.63, 3.8) is 0 Å². The van der Waals surface area contributed by atoms with Gasteiger partial charge >= 0.3 is 6.18 Å². The third kappa shape index (κ3) is 5.95. The number of hydrogen-bond acceptors (Lipinski definition) is 5. The summed E-state index contributed by atoms with van der Waals surface area (Å²) in [7, 11) is 0. The quantitative estimate of drug-likeness (QED) is 0.630. The number of rotatable bonds is 8. The monoisotopic (exact) mass is 437 g/mol. The average molecular weight is 437 g/mol. The van der Waals surface area contributed by atoms with Crippen LogP contribution in [0, 0.1) is 17.8 Å². The number of carbonyl (C=O) groups is 1. The third-order valence-corrected chi connectivity index (χ3v) is 6.31. The molecule has 1 aromatic heterocycles. The van der Waals surface area contributed by atoms with E-state index in [1.165, 1.54) is 12.7 Å². The Labute approximate surface area is 178 Å². The Hall–Kier alpha value is -2.65. The van der Waals surface area contributed by atoms with Crippen molar-refractivity contribution in [1.29, 1.82) is 0 Å². The summed E-state index contributed by atoms with van der Waals surface area (Å²) in [4.78, 5) is 13.6. The number of aromatic nitrogens is 4. The van der Waals surface area contributed by atoms with Crippen LogP contribution in [0.4, 0.5) is 13.2 Å². The first-order valence-corrected chi connectivity index (χ1v) is 10.7. The smallest absolute Gasteiger partial charge is 0.389 e. The molecule has 0 N–H and O–H groups in total. The van der Waals surface area contributed by atoms with Gasteiger partial charge in [-0.2, -0.15) is 13.2 Å². The van der Waals surface area contributed by atoms with E-state index in [0.717, 1.165) is 30.7 Å². The molecule has 2 fully saturated rings. The summed E-state index contributed by atoms with van der Waals surface area (Å²) < 4.78 is 44.3. The van der Waals surface area contributed by atoms with Crippen molar-refractivity contribution in [3.8, 4) is 11.4 Å². The maximum absolute atomic E-state index is 12.3. The Balaban J connectivity index is 1.13. The van der Waals surface area contributed by atoms with Crippen molar-refractivity contribution in [3.05, 3.63) is 30.6 Å². The SMILES string of the molecule is O=C(CCC(F)(F)F)N1CCC(C2CC2CCOc2ccc(-n3cnnn3)cc2)CC1. The standard InChI is InChI=1S/C21H26F3N5O2/c22-21(23,24)9-5-20(30)28-10-6-15(7-11-28)19-13-16(19)8-12-31-18-3-1-17(2-4-18)29-14-25-26-27-29/h1-4,14-16,19H,5-13H2. The van der Waals surface area contributed by atoms with Crippen LogP contribution in [0.15, 0.2) is 30.6 Å². The summed E-state index contributed by atoms with van der Waals surface area (Å²) in [6.45, 7) is 1.81. The first kappa shape index (κ1) is 21.6. The van der Waals surface area contributed by atoms with Gasteiger partial charge in [0.2, 0.25) is 5.91 Å². The van der Waals surface area contributed by atoms with E-state index in [-0.39, 0.29) is 5.91 Å². The third-order valence-electron chi connectivity index (χ3n) is 6.31. The summed E-state index contributed by atoms with van der Waals surface area (Å²) in [5.74, 6) is 2.28. The number of ether oxygens (including phenoxy) is 1. The van der Waals surface area contributed by atoms with Gasteiger partial charge in [0.1, 0.15) is 12.1 Å². The lowest BCUT2D eigenvalue weighted by Gasteiger charge is -2.32. The van der Waals surface area contributed by atoms with E-state index < -0.39 is 19.0 Å². The highest BCUT2D eigenvalue weighted by atomic mass is 19.4. The fraction of sp³-hybridized carbons (Fsp3) is 0.619. The second-order valence-electron chi connectivity index (χ2n) is 8.38. The summed E-state index contributed by atoms with van der Waals surface area (Å²) in [5.41, 5.74) is 0.864. The minimum absolute atomic E-state index is 0.373. The Kier molecular flexibility index (Phi) is 6.43. The lowest BCUT2D eigenvalue weighted by molar-refractivity contribution is -0.149. The fourth-order valence-electron chi connectivity index (χ4n) is 4.47. The Morgan fingerprint density at radius 2 is 1.90 bits per heavy atom. The van der Waals surface area contributed by atoms with Gasteiger partial charge in [-0.25, -0.2) is 4.68 Å². The molecule has 1 amide bonds. The van der Waals surface area contributed by atoms with Gasteiger partial charge in [-0.3, -0.25) is 4.79 Å². The van der Waals surface area contributed by atoms with Crippen LogP contribution in [-0.4, -0.2) is 56.9 Å². The second-order valence-corrected chi connectivity index (χ2v) is 8.38. The molecule has 10 heteroatoms. The molecule has 2 aliphatic rings. The van der Waals surface area contributed by atoms with Crippen LogP contribution in [0.25, 0.3) is 5.69 Å². The first-order valence-electron chi connectivity index (χ1n) is 10.7. The molecule has 2 heterocycles. The first-order chi connectivity index (χ1) is 14.9. The molecule has 1 aliphatic carbocycles. The predicted molar refractivity (Wildman–Crippen MR) is 105 cm³/mol. The zero-order valence-electron chi connectivity index (χ0n) is 17.2. The van der Waals surface area contributed by atoms with Gasteiger partial charge in [0, 0.05) is 19.5 Å². The van der Waals surface area contributed by atoms with E-state index in [2.05, 4.69) is 15.5 Å². The molecule has 2 aromatic rings. The summed E-state index contributed by atoms with van der Waals surface area (Å²) in [6, 6.07) is 7.59. The minimum atomic E-state index is -4.27. The molecule has 1 aromatic carbocycles. The molecule has 2 atom stereocenters. The average Bonchev–Trinajstić information content (AvgIpc) is 3.31. The minimum Gasteiger partial charge on any atom is -0.494 e. The number of benzene rings is 1. The Bertz CT molecular complexity index is 849. The van der Waals surface area contributed by atoms with Crippen LogP contribution in [-0.2, 0) is 4.79 Å². The van der Waals surface area contributed by atoms with Crippen LogP contribution < -0.4 is 4.74 Å². The van der Waals surface area contributed by atoms with Gasteiger partial charge in [-0.15, -0.1) is 5.10 Å². The number of piperidine rings is 1. The van der Waals surface area contributed by atoms with E-state index in [1.54, 1.807) is 9.58 Å². The molecule has 1 aliphatic heterocycles. The molecular formula is C21H26F3N5O2. The molecule has 0 spiro atoms. The van der Waals surface area contributed by atoms with Crippen LogP contribution in [0.2, 0.25) is 0 Å². The number of hydrogen-bond donors (Lipinski definition) is 0. The molecule has 4 rings (SSSR count). The Morgan fingerprint density at radius 3 is 2.55 bits per heavy atom. The van der Waals surface area contributed by atoms with Gasteiger partial charge < -0.3 is 9.64 Å². The fourth-order valence-corrected chi connectivity index (χ4v) is 4.47. The van der Waals surface area contributed by atoms with E-state index in [0.29, 0.717) is 37.5 Å². The van der Waals surface area contributed by atoms with Crippen LogP contribution >= 0.6 is 0 Å². The number of alkyl halides is 3. The number of carbonyl (C=O) groups excluding carboxylic acids is 1. The molecule has 0 bridgehead atoms. The summed E-state index contributed by atoms with van der Waals surface area (Å²) in [5, 5.41) is 11.1. The van der Waals surface area contributed by atoms with Gasteiger partial charge in [0.25, 0.3) is 0 Å². The summed E-state index contributed by atoms with van der Waals surface area (Å²) >= 11 is 0. The van der Waals surface area contributed by atoms with Gasteiger partial charge in [0.15, 0.2) is 0 Å². The molecule has 1 saturated heterocycles. The molecule has 31 heavy (non-hydrogen) atoms. The van der Waals surface area contributed by atoms with Crippen molar-refractivity contribution < 1.29 is 22.7 Å². The molecule has 168 valence electrons. The van der Waals surface area contributed by atoms with Crippen LogP contribution in [0.5, 0.6) is 5.75 Å². The number of tetrazole rings is 1. The van der Waals surface area contributed by atoms with E-state index in [1.807, 2.05) is 24.3 Å². The molecular weight excluding hydrogens is 411 g/mol. The molecule has 7 nitrogen and oxygen atoms in total. The summed E-state index contributed by atoms with van der Waals surface area (Å²) in [6.07, 6.45) is -0.263. The normalized spacial score (nSPS) is 21.8.